The van der Waals surface area contributed by atoms with Gasteiger partial charge in [-0.2, -0.15) is 5.26 Å². The van der Waals surface area contributed by atoms with Crippen LogP contribution in [0.15, 0.2) is 30.3 Å². The van der Waals surface area contributed by atoms with Gasteiger partial charge in [-0.3, -0.25) is 4.79 Å². The molecule has 0 bridgehead atoms. The number of rotatable bonds is 3. The Morgan fingerprint density at radius 3 is 2.85 bits per heavy atom. The zero-order chi connectivity index (χ0) is 9.52. The van der Waals surface area contributed by atoms with Gasteiger partial charge < -0.3 is 0 Å². The Morgan fingerprint density at radius 2 is 2.15 bits per heavy atom. The SMILES string of the molecule is N#CCc1ccccc1C=CC=O. The Labute approximate surface area is 77.1 Å². The number of hydrogen-bond donors (Lipinski definition) is 0. The molecule has 0 aromatic heterocycles. The van der Waals surface area contributed by atoms with E-state index in [-0.39, 0.29) is 0 Å². The van der Waals surface area contributed by atoms with Crippen LogP contribution in [0.1, 0.15) is 11.1 Å². The minimum Gasteiger partial charge on any atom is -0.299 e. The molecule has 1 aromatic rings. The number of allylic oxidation sites excluding steroid dienone is 1. The average molecular weight is 171 g/mol. The van der Waals surface area contributed by atoms with E-state index < -0.39 is 0 Å². The number of hydrogen-bond acceptors (Lipinski definition) is 2. The van der Waals surface area contributed by atoms with Crippen LogP contribution in [-0.2, 0) is 11.2 Å². The topological polar surface area (TPSA) is 40.9 Å². The van der Waals surface area contributed by atoms with E-state index in [1.54, 1.807) is 6.08 Å². The van der Waals surface area contributed by atoms with Crippen molar-refractivity contribution in [1.29, 1.82) is 5.26 Å². The lowest BCUT2D eigenvalue weighted by Crippen LogP contribution is -1.85. The van der Waals surface area contributed by atoms with E-state index in [1.807, 2.05) is 24.3 Å². The van der Waals surface area contributed by atoms with Crippen LogP contribution in [-0.4, -0.2) is 6.29 Å². The van der Waals surface area contributed by atoms with E-state index in [0.29, 0.717) is 6.42 Å². The van der Waals surface area contributed by atoms with Crippen LogP contribution >= 0.6 is 0 Å². The monoisotopic (exact) mass is 171 g/mol. The fourth-order valence-electron chi connectivity index (χ4n) is 1.09. The van der Waals surface area contributed by atoms with Crippen molar-refractivity contribution in [2.45, 2.75) is 6.42 Å². The summed E-state index contributed by atoms with van der Waals surface area (Å²) in [4.78, 5) is 10.1. The minimum atomic E-state index is 0.374. The first-order chi connectivity index (χ1) is 6.38. The molecule has 0 amide bonds. The van der Waals surface area contributed by atoms with Crippen LogP contribution in [0.25, 0.3) is 6.08 Å². The third-order valence-corrected chi connectivity index (χ3v) is 1.68. The smallest absolute Gasteiger partial charge is 0.142 e. The third kappa shape index (κ3) is 2.57. The summed E-state index contributed by atoms with van der Waals surface area (Å²) in [6.45, 7) is 0. The van der Waals surface area contributed by atoms with Gasteiger partial charge in [0.15, 0.2) is 0 Å². The van der Waals surface area contributed by atoms with Gasteiger partial charge in [0.25, 0.3) is 0 Å². The van der Waals surface area contributed by atoms with E-state index in [0.717, 1.165) is 17.4 Å². The lowest BCUT2D eigenvalue weighted by molar-refractivity contribution is -0.104. The molecule has 13 heavy (non-hydrogen) atoms. The van der Waals surface area contributed by atoms with Gasteiger partial charge >= 0.3 is 0 Å². The predicted octanol–water partition coefficient (Wildman–Crippen LogP) is 1.96. The van der Waals surface area contributed by atoms with Crippen molar-refractivity contribution in [3.8, 4) is 6.07 Å². The highest BCUT2D eigenvalue weighted by Gasteiger charge is 1.95. The van der Waals surface area contributed by atoms with Crippen LogP contribution < -0.4 is 0 Å². The second-order valence-corrected chi connectivity index (χ2v) is 2.53. The lowest BCUT2D eigenvalue weighted by Gasteiger charge is -1.99. The second-order valence-electron chi connectivity index (χ2n) is 2.53. The molecule has 0 aliphatic rings. The highest BCUT2D eigenvalue weighted by molar-refractivity contribution is 5.74. The molecule has 1 aromatic carbocycles. The highest BCUT2D eigenvalue weighted by atomic mass is 16.1. The van der Waals surface area contributed by atoms with Crippen molar-refractivity contribution >= 4 is 12.4 Å². The van der Waals surface area contributed by atoms with Crippen molar-refractivity contribution < 1.29 is 4.79 Å². The summed E-state index contributed by atoms with van der Waals surface area (Å²) >= 11 is 0. The lowest BCUT2D eigenvalue weighted by atomic mass is 10.1. The van der Waals surface area contributed by atoms with Crippen LogP contribution in [0.2, 0.25) is 0 Å². The first-order valence-corrected chi connectivity index (χ1v) is 3.95. The molecule has 0 heterocycles. The van der Waals surface area contributed by atoms with Crippen molar-refractivity contribution in [3.63, 3.8) is 0 Å². The maximum Gasteiger partial charge on any atom is 0.142 e. The Morgan fingerprint density at radius 1 is 1.38 bits per heavy atom. The molecule has 2 nitrogen and oxygen atoms in total. The van der Waals surface area contributed by atoms with Crippen molar-refractivity contribution in [1.82, 2.24) is 0 Å². The highest BCUT2D eigenvalue weighted by Crippen LogP contribution is 2.10. The average Bonchev–Trinajstić information content (AvgIpc) is 2.17. The Bertz CT molecular complexity index is 361. The van der Waals surface area contributed by atoms with E-state index in [4.69, 9.17) is 5.26 Å². The molecule has 0 saturated carbocycles. The van der Waals surface area contributed by atoms with E-state index >= 15 is 0 Å². The quantitative estimate of drug-likeness (QED) is 0.515. The summed E-state index contributed by atoms with van der Waals surface area (Å²) in [5.41, 5.74) is 1.87. The third-order valence-electron chi connectivity index (χ3n) is 1.68. The molecular weight excluding hydrogens is 162 g/mol. The van der Waals surface area contributed by atoms with Crippen molar-refractivity contribution in [2.75, 3.05) is 0 Å². The molecule has 0 fully saturated rings. The second kappa shape index (κ2) is 4.89. The van der Waals surface area contributed by atoms with Gasteiger partial charge in [-0.1, -0.05) is 30.3 Å². The molecule has 0 aliphatic heterocycles. The van der Waals surface area contributed by atoms with Crippen molar-refractivity contribution in [2.24, 2.45) is 0 Å². The molecule has 1 rings (SSSR count). The Kier molecular flexibility index (Phi) is 3.46. The number of carbonyl (C=O) groups excluding carboxylic acids is 1. The van der Waals surface area contributed by atoms with Crippen LogP contribution in [0, 0.1) is 11.3 Å². The molecule has 0 N–H and O–H groups in total. The van der Waals surface area contributed by atoms with Gasteiger partial charge in [0.1, 0.15) is 6.29 Å². The van der Waals surface area contributed by atoms with Gasteiger partial charge in [-0.05, 0) is 17.2 Å². The maximum absolute atomic E-state index is 10.1. The zero-order valence-electron chi connectivity index (χ0n) is 7.10. The van der Waals surface area contributed by atoms with E-state index in [2.05, 4.69) is 6.07 Å². The number of aldehydes is 1. The first-order valence-electron chi connectivity index (χ1n) is 3.95. The van der Waals surface area contributed by atoms with Gasteiger partial charge in [-0.25, -0.2) is 0 Å². The normalized spacial score (nSPS) is 9.77. The molecule has 0 spiro atoms. The van der Waals surface area contributed by atoms with Crippen LogP contribution in [0.5, 0.6) is 0 Å². The number of nitriles is 1. The summed E-state index contributed by atoms with van der Waals surface area (Å²) in [6, 6.07) is 9.60. The molecule has 0 atom stereocenters. The minimum absolute atomic E-state index is 0.374. The Balaban J connectivity index is 2.98. The zero-order valence-corrected chi connectivity index (χ0v) is 7.10. The van der Waals surface area contributed by atoms with E-state index in [9.17, 15) is 4.79 Å². The molecule has 64 valence electrons. The summed E-state index contributed by atoms with van der Waals surface area (Å²) in [5.74, 6) is 0. The predicted molar refractivity (Wildman–Crippen MR) is 50.9 cm³/mol. The number of carbonyl (C=O) groups is 1. The van der Waals surface area contributed by atoms with Gasteiger partial charge in [0.05, 0.1) is 12.5 Å². The molecule has 0 unspecified atom stereocenters. The van der Waals surface area contributed by atoms with Gasteiger partial charge in [0, 0.05) is 0 Å². The van der Waals surface area contributed by atoms with Crippen molar-refractivity contribution in [3.05, 3.63) is 41.5 Å². The Hall–Kier alpha value is -1.88. The number of benzene rings is 1. The van der Waals surface area contributed by atoms with E-state index in [1.165, 1.54) is 6.08 Å². The van der Waals surface area contributed by atoms with Crippen LogP contribution in [0.3, 0.4) is 0 Å². The summed E-state index contributed by atoms with van der Waals surface area (Å²) in [5, 5.41) is 8.53. The molecular formula is C11H9NO. The molecule has 0 radical (unpaired) electrons. The standard InChI is InChI=1S/C11H9NO/c12-8-7-11-5-2-1-4-10(11)6-3-9-13/h1-6,9H,7H2. The fourth-order valence-corrected chi connectivity index (χ4v) is 1.09. The first kappa shape index (κ1) is 9.21. The van der Waals surface area contributed by atoms with Gasteiger partial charge in [0.2, 0.25) is 0 Å². The fraction of sp³-hybridized carbons (Fsp3) is 0.0909. The maximum atomic E-state index is 10.1. The largest absolute Gasteiger partial charge is 0.299 e. The van der Waals surface area contributed by atoms with Gasteiger partial charge in [-0.15, -0.1) is 0 Å². The molecule has 0 aliphatic carbocycles. The summed E-state index contributed by atoms with van der Waals surface area (Å²) < 4.78 is 0. The van der Waals surface area contributed by atoms with Crippen LogP contribution in [0.4, 0.5) is 0 Å². The molecule has 2 heteroatoms. The summed E-state index contributed by atoms with van der Waals surface area (Å²) in [6.07, 6.45) is 4.23. The summed E-state index contributed by atoms with van der Waals surface area (Å²) in [7, 11) is 0. The molecule has 0 saturated heterocycles. The number of nitrogens with zero attached hydrogens (tertiary/aromatic N) is 1.